The normalized spacial score (nSPS) is 10.7. The molecule has 0 aliphatic rings. The maximum absolute atomic E-state index is 11.2. The zero-order chi connectivity index (χ0) is 15.1. The zero-order valence-corrected chi connectivity index (χ0v) is 13.7. The van der Waals surface area contributed by atoms with Gasteiger partial charge in [0.15, 0.2) is 0 Å². The van der Waals surface area contributed by atoms with E-state index in [0.29, 0.717) is 0 Å². The summed E-state index contributed by atoms with van der Waals surface area (Å²) in [5.74, 6) is 0. The molecule has 0 aromatic heterocycles. The number of carbonyl (C=O) groups excluding carboxylic acids is 1. The molecule has 0 aliphatic heterocycles. The van der Waals surface area contributed by atoms with E-state index in [2.05, 4.69) is 47.7 Å². The number of nitrogens with zero attached hydrogens (tertiary/aromatic N) is 2. The fourth-order valence-electron chi connectivity index (χ4n) is 2.12. The molecule has 0 unspecified atom stereocenters. The first-order valence-electron chi connectivity index (χ1n) is 7.00. The maximum Gasteiger partial charge on any atom is 0.280 e. The third kappa shape index (κ3) is 5.06. The van der Waals surface area contributed by atoms with Crippen LogP contribution in [-0.4, -0.2) is 43.9 Å². The molecule has 1 aromatic carbocycles. The highest BCUT2D eigenvalue weighted by molar-refractivity contribution is 7.96. The minimum atomic E-state index is -0.327. The Labute approximate surface area is 127 Å². The van der Waals surface area contributed by atoms with E-state index in [-0.39, 0.29) is 5.24 Å². The van der Waals surface area contributed by atoms with Crippen LogP contribution in [0.1, 0.15) is 19.4 Å². The highest BCUT2D eigenvalue weighted by Crippen LogP contribution is 2.23. The van der Waals surface area contributed by atoms with Crippen molar-refractivity contribution in [3.63, 3.8) is 0 Å². The second kappa shape index (κ2) is 8.17. The van der Waals surface area contributed by atoms with Crippen LogP contribution in [0.25, 0.3) is 0 Å². The molecule has 1 N–H and O–H groups in total. The van der Waals surface area contributed by atoms with Crippen molar-refractivity contribution in [3.05, 3.63) is 23.8 Å². The number of anilines is 2. The minimum absolute atomic E-state index is 0.327. The molecule has 0 saturated heterocycles. The standard InChI is InChI=1S/C15H25N3OS/c1-5-18(6-2)10-9-12-11-13(17(3)4)7-8-14(12)16-15(19)20/h7-8,11H,5-6,9-10H2,1-4H3,(H2,16,19,20). The average molecular weight is 295 g/mol. The van der Waals surface area contributed by atoms with Crippen LogP contribution in [0.4, 0.5) is 16.2 Å². The highest BCUT2D eigenvalue weighted by atomic mass is 32.1. The second-order valence-electron chi connectivity index (χ2n) is 4.94. The van der Waals surface area contributed by atoms with Crippen molar-refractivity contribution < 1.29 is 4.79 Å². The zero-order valence-electron chi connectivity index (χ0n) is 12.8. The molecule has 0 heterocycles. The molecule has 0 saturated carbocycles. The van der Waals surface area contributed by atoms with Crippen molar-refractivity contribution in [1.29, 1.82) is 0 Å². The summed E-state index contributed by atoms with van der Waals surface area (Å²) in [5, 5.41) is 2.46. The lowest BCUT2D eigenvalue weighted by atomic mass is 10.1. The Kier molecular flexibility index (Phi) is 6.88. The van der Waals surface area contributed by atoms with Gasteiger partial charge in [0, 0.05) is 32.0 Å². The molecule has 20 heavy (non-hydrogen) atoms. The Morgan fingerprint density at radius 3 is 2.40 bits per heavy atom. The molecule has 0 atom stereocenters. The first-order chi connectivity index (χ1) is 9.47. The van der Waals surface area contributed by atoms with Crippen LogP contribution in [0.2, 0.25) is 0 Å². The molecule has 5 heteroatoms. The van der Waals surface area contributed by atoms with Crippen molar-refractivity contribution in [2.24, 2.45) is 0 Å². The molecule has 0 spiro atoms. The van der Waals surface area contributed by atoms with Crippen LogP contribution >= 0.6 is 12.6 Å². The summed E-state index contributed by atoms with van der Waals surface area (Å²) < 4.78 is 0. The number of rotatable bonds is 7. The van der Waals surface area contributed by atoms with Gasteiger partial charge in [-0.05, 0) is 43.3 Å². The van der Waals surface area contributed by atoms with E-state index in [1.807, 2.05) is 26.2 Å². The summed E-state index contributed by atoms with van der Waals surface area (Å²) in [5.41, 5.74) is 3.13. The number of hydrogen-bond donors (Lipinski definition) is 2. The lowest BCUT2D eigenvalue weighted by Crippen LogP contribution is -2.25. The Morgan fingerprint density at radius 2 is 1.90 bits per heavy atom. The molecule has 1 rings (SSSR count). The highest BCUT2D eigenvalue weighted by Gasteiger charge is 2.08. The van der Waals surface area contributed by atoms with E-state index < -0.39 is 0 Å². The van der Waals surface area contributed by atoms with Gasteiger partial charge in [0.05, 0.1) is 0 Å². The van der Waals surface area contributed by atoms with E-state index in [0.717, 1.165) is 43.0 Å². The Hall–Kier alpha value is -1.20. The maximum atomic E-state index is 11.2. The van der Waals surface area contributed by atoms with E-state index in [1.165, 1.54) is 0 Å². The van der Waals surface area contributed by atoms with E-state index in [9.17, 15) is 4.79 Å². The molecule has 1 amide bonds. The Balaban J connectivity index is 2.92. The van der Waals surface area contributed by atoms with Crippen LogP contribution < -0.4 is 10.2 Å². The van der Waals surface area contributed by atoms with Crippen molar-refractivity contribution >= 4 is 29.2 Å². The monoisotopic (exact) mass is 295 g/mol. The summed E-state index contributed by atoms with van der Waals surface area (Å²) in [6, 6.07) is 6.07. The van der Waals surface area contributed by atoms with Crippen molar-refractivity contribution in [2.75, 3.05) is 43.9 Å². The van der Waals surface area contributed by atoms with Gasteiger partial charge in [0.1, 0.15) is 0 Å². The second-order valence-corrected chi connectivity index (χ2v) is 5.35. The number of carbonyl (C=O) groups is 1. The molecule has 4 nitrogen and oxygen atoms in total. The van der Waals surface area contributed by atoms with Crippen molar-refractivity contribution in [3.8, 4) is 0 Å². The van der Waals surface area contributed by atoms with Crippen LogP contribution in [0.15, 0.2) is 18.2 Å². The summed E-state index contributed by atoms with van der Waals surface area (Å²) in [6.45, 7) is 7.39. The lowest BCUT2D eigenvalue weighted by Gasteiger charge is -2.20. The Bertz CT molecular complexity index is 445. The molecule has 112 valence electrons. The van der Waals surface area contributed by atoms with E-state index in [1.54, 1.807) is 0 Å². The van der Waals surface area contributed by atoms with Gasteiger partial charge >= 0.3 is 0 Å². The largest absolute Gasteiger partial charge is 0.378 e. The van der Waals surface area contributed by atoms with Gasteiger partial charge in [-0.25, -0.2) is 0 Å². The van der Waals surface area contributed by atoms with Crippen molar-refractivity contribution in [2.45, 2.75) is 20.3 Å². The summed E-state index contributed by atoms with van der Waals surface area (Å²) in [7, 11) is 4.03. The first kappa shape index (κ1) is 16.9. The van der Waals surface area contributed by atoms with Crippen LogP contribution in [0.3, 0.4) is 0 Å². The third-order valence-electron chi connectivity index (χ3n) is 3.44. The Morgan fingerprint density at radius 1 is 1.25 bits per heavy atom. The summed E-state index contributed by atoms with van der Waals surface area (Å²) >= 11 is 3.80. The molecular weight excluding hydrogens is 270 g/mol. The average Bonchev–Trinajstić information content (AvgIpc) is 2.40. The predicted molar refractivity (Wildman–Crippen MR) is 90.3 cm³/mol. The molecule has 0 aliphatic carbocycles. The van der Waals surface area contributed by atoms with Gasteiger partial charge in [0.2, 0.25) is 0 Å². The molecule has 1 aromatic rings. The number of hydrogen-bond acceptors (Lipinski definition) is 3. The van der Waals surface area contributed by atoms with Gasteiger partial charge in [-0.3, -0.25) is 4.79 Å². The third-order valence-corrected chi connectivity index (χ3v) is 3.55. The number of nitrogens with one attached hydrogen (secondary N) is 1. The lowest BCUT2D eigenvalue weighted by molar-refractivity contribution is 0.270. The summed E-state index contributed by atoms with van der Waals surface area (Å²) in [4.78, 5) is 15.6. The van der Waals surface area contributed by atoms with Gasteiger partial charge < -0.3 is 15.1 Å². The van der Waals surface area contributed by atoms with Crippen LogP contribution in [0.5, 0.6) is 0 Å². The smallest absolute Gasteiger partial charge is 0.280 e. The SMILES string of the molecule is CCN(CC)CCc1cc(N(C)C)ccc1NC(=O)S. The molecule has 0 fully saturated rings. The fraction of sp³-hybridized carbons (Fsp3) is 0.533. The van der Waals surface area contributed by atoms with Gasteiger partial charge in [-0.15, -0.1) is 0 Å². The van der Waals surface area contributed by atoms with Gasteiger partial charge in [0.25, 0.3) is 5.24 Å². The predicted octanol–water partition coefficient (Wildman–Crippen LogP) is 3.10. The molecule has 0 radical (unpaired) electrons. The summed E-state index contributed by atoms with van der Waals surface area (Å²) in [6.07, 6.45) is 0.909. The van der Waals surface area contributed by atoms with E-state index in [4.69, 9.17) is 0 Å². The van der Waals surface area contributed by atoms with Crippen LogP contribution in [0, 0.1) is 0 Å². The van der Waals surface area contributed by atoms with Crippen LogP contribution in [-0.2, 0) is 6.42 Å². The quantitative estimate of drug-likeness (QED) is 0.759. The van der Waals surface area contributed by atoms with Gasteiger partial charge in [-0.2, -0.15) is 0 Å². The molecule has 0 bridgehead atoms. The number of likely N-dealkylation sites (N-methyl/N-ethyl adjacent to an activating group) is 1. The number of benzene rings is 1. The minimum Gasteiger partial charge on any atom is -0.378 e. The van der Waals surface area contributed by atoms with Gasteiger partial charge in [-0.1, -0.05) is 26.5 Å². The number of thiol groups is 1. The molecular formula is C15H25N3OS. The van der Waals surface area contributed by atoms with E-state index >= 15 is 0 Å². The number of amides is 1. The first-order valence-corrected chi connectivity index (χ1v) is 7.45. The topological polar surface area (TPSA) is 35.6 Å². The fourth-order valence-corrected chi connectivity index (χ4v) is 2.24. The van der Waals surface area contributed by atoms with Crippen molar-refractivity contribution in [1.82, 2.24) is 4.90 Å².